The van der Waals surface area contributed by atoms with Gasteiger partial charge in [0.1, 0.15) is 16.8 Å². The number of fused-ring (bicyclic) bond motifs is 1. The summed E-state index contributed by atoms with van der Waals surface area (Å²) in [5.74, 6) is -1.75. The van der Waals surface area contributed by atoms with Crippen molar-refractivity contribution >= 4 is 52.1 Å². The van der Waals surface area contributed by atoms with Crippen LogP contribution in [-0.4, -0.2) is 55.5 Å². The van der Waals surface area contributed by atoms with Crippen LogP contribution in [0.1, 0.15) is 59.1 Å². The largest absolute Gasteiger partial charge is 0.445 e. The first-order valence-corrected chi connectivity index (χ1v) is 13.8. The molecule has 2 N–H and O–H groups in total. The lowest BCUT2D eigenvalue weighted by Gasteiger charge is -2.19. The van der Waals surface area contributed by atoms with Crippen molar-refractivity contribution in [2.24, 2.45) is 7.05 Å². The van der Waals surface area contributed by atoms with Crippen LogP contribution in [0.5, 0.6) is 0 Å². The number of aromatic nitrogens is 4. The molecule has 0 aliphatic heterocycles. The predicted octanol–water partition coefficient (Wildman–Crippen LogP) is 5.32. The molecular weight excluding hydrogens is 566 g/mol. The van der Waals surface area contributed by atoms with Gasteiger partial charge in [0.25, 0.3) is 17.7 Å². The summed E-state index contributed by atoms with van der Waals surface area (Å²) in [6.45, 7) is 7.28. The summed E-state index contributed by atoms with van der Waals surface area (Å²) in [7, 11) is 1.63. The van der Waals surface area contributed by atoms with Gasteiger partial charge in [0.05, 0.1) is 11.3 Å². The first kappa shape index (κ1) is 29.8. The molecule has 3 amide bonds. The second-order valence-electron chi connectivity index (χ2n) is 10.7. The lowest BCUT2D eigenvalue weighted by molar-refractivity contribution is 0.0522. The summed E-state index contributed by atoms with van der Waals surface area (Å²) in [6, 6.07) is 18.4. The van der Waals surface area contributed by atoms with E-state index in [-0.39, 0.29) is 33.9 Å². The standard InChI is InChI=1S/C31H31N7O6/c1-6-37(19-12-8-7-9-13-19)29(41)24-18-23-25(43-24)26(35-38(23)30(42)44-31(2,3)4)34-27(39)20-14-10-11-15-21(20)33-28(40)22-16-17-32-36(22)5/h7-18H,6H2,1-5H3,(H,33,40)(H,34,35,39). The quantitative estimate of drug-likeness (QED) is 0.256. The second kappa shape index (κ2) is 11.9. The monoisotopic (exact) mass is 597 g/mol. The molecule has 13 heteroatoms. The number of benzene rings is 2. The van der Waals surface area contributed by atoms with E-state index in [1.54, 1.807) is 64.2 Å². The van der Waals surface area contributed by atoms with Crippen LogP contribution in [-0.2, 0) is 11.8 Å². The van der Waals surface area contributed by atoms with Gasteiger partial charge < -0.3 is 24.7 Å². The fraction of sp³-hybridized carbons (Fsp3) is 0.226. The summed E-state index contributed by atoms with van der Waals surface area (Å²) >= 11 is 0. The van der Waals surface area contributed by atoms with Crippen molar-refractivity contribution in [1.29, 1.82) is 0 Å². The number of nitrogens with zero attached hydrogens (tertiary/aromatic N) is 5. The zero-order chi connectivity index (χ0) is 31.6. The molecular formula is C31H31N7O6. The maximum Gasteiger partial charge on any atom is 0.435 e. The van der Waals surface area contributed by atoms with Crippen molar-refractivity contribution < 1.29 is 28.3 Å². The number of aryl methyl sites for hydroxylation is 1. The average Bonchev–Trinajstić information content (AvgIpc) is 3.69. The Morgan fingerprint density at radius 3 is 2.32 bits per heavy atom. The molecule has 226 valence electrons. The zero-order valence-corrected chi connectivity index (χ0v) is 24.8. The summed E-state index contributed by atoms with van der Waals surface area (Å²) in [5.41, 5.74) is 0.573. The Balaban J connectivity index is 1.50. The highest BCUT2D eigenvalue weighted by Gasteiger charge is 2.29. The van der Waals surface area contributed by atoms with E-state index in [1.807, 2.05) is 25.1 Å². The molecule has 0 unspecified atom stereocenters. The molecule has 0 aliphatic rings. The third kappa shape index (κ3) is 6.07. The third-order valence-corrected chi connectivity index (χ3v) is 6.47. The first-order chi connectivity index (χ1) is 21.0. The lowest BCUT2D eigenvalue weighted by Crippen LogP contribution is -2.30. The minimum atomic E-state index is -0.849. The van der Waals surface area contributed by atoms with Gasteiger partial charge in [-0.3, -0.25) is 19.1 Å². The Kier molecular flexibility index (Phi) is 8.03. The van der Waals surface area contributed by atoms with Gasteiger partial charge >= 0.3 is 6.09 Å². The van der Waals surface area contributed by atoms with Crippen LogP contribution in [0.15, 0.2) is 77.3 Å². The van der Waals surface area contributed by atoms with Gasteiger partial charge in [-0.1, -0.05) is 30.3 Å². The van der Waals surface area contributed by atoms with Gasteiger partial charge in [-0.15, -0.1) is 5.10 Å². The minimum Gasteiger partial charge on any atom is -0.445 e. The summed E-state index contributed by atoms with van der Waals surface area (Å²) in [4.78, 5) is 54.5. The highest BCUT2D eigenvalue weighted by Crippen LogP contribution is 2.30. The van der Waals surface area contributed by atoms with E-state index in [0.29, 0.717) is 17.9 Å². The van der Waals surface area contributed by atoms with Gasteiger partial charge in [-0.25, -0.2) is 4.79 Å². The summed E-state index contributed by atoms with van der Waals surface area (Å²) in [6.07, 6.45) is 0.656. The van der Waals surface area contributed by atoms with E-state index < -0.39 is 29.4 Å². The van der Waals surface area contributed by atoms with Gasteiger partial charge in [-0.05, 0) is 58.0 Å². The van der Waals surface area contributed by atoms with Gasteiger partial charge in [0.2, 0.25) is 0 Å². The molecule has 0 radical (unpaired) electrons. The molecule has 3 heterocycles. The van der Waals surface area contributed by atoms with E-state index >= 15 is 0 Å². The molecule has 0 aliphatic carbocycles. The normalized spacial score (nSPS) is 11.3. The second-order valence-corrected chi connectivity index (χ2v) is 10.7. The molecule has 0 spiro atoms. The SMILES string of the molecule is CCN(C(=O)c1cc2c(o1)c(NC(=O)c1ccccc1NC(=O)c1ccnn1C)nn2C(=O)OC(C)(C)C)c1ccccc1. The van der Waals surface area contributed by atoms with Crippen LogP contribution in [0.25, 0.3) is 11.1 Å². The molecule has 3 aromatic heterocycles. The number of rotatable bonds is 7. The van der Waals surface area contributed by atoms with Gasteiger partial charge in [0, 0.05) is 31.5 Å². The smallest absolute Gasteiger partial charge is 0.435 e. The summed E-state index contributed by atoms with van der Waals surface area (Å²) in [5, 5.41) is 13.6. The maximum absolute atomic E-state index is 13.5. The van der Waals surface area contributed by atoms with E-state index in [1.165, 1.54) is 27.9 Å². The van der Waals surface area contributed by atoms with E-state index in [9.17, 15) is 19.2 Å². The number of nitrogens with one attached hydrogen (secondary N) is 2. The van der Waals surface area contributed by atoms with E-state index in [2.05, 4.69) is 20.8 Å². The highest BCUT2D eigenvalue weighted by molar-refractivity contribution is 6.14. The van der Waals surface area contributed by atoms with Crippen molar-refractivity contribution in [1.82, 2.24) is 19.6 Å². The Morgan fingerprint density at radius 1 is 0.955 bits per heavy atom. The fourth-order valence-corrected chi connectivity index (χ4v) is 4.47. The Morgan fingerprint density at radius 2 is 1.66 bits per heavy atom. The zero-order valence-electron chi connectivity index (χ0n) is 24.8. The molecule has 0 fully saturated rings. The number of hydrogen-bond donors (Lipinski definition) is 2. The molecule has 0 bridgehead atoms. The topological polar surface area (TPSA) is 154 Å². The van der Waals surface area contributed by atoms with Crippen LogP contribution < -0.4 is 15.5 Å². The van der Waals surface area contributed by atoms with Crippen LogP contribution in [0.4, 0.5) is 22.0 Å². The maximum atomic E-state index is 13.5. The fourth-order valence-electron chi connectivity index (χ4n) is 4.47. The predicted molar refractivity (Wildman–Crippen MR) is 163 cm³/mol. The van der Waals surface area contributed by atoms with Crippen LogP contribution in [0, 0.1) is 0 Å². The molecule has 13 nitrogen and oxygen atoms in total. The number of carbonyl (C=O) groups excluding carboxylic acids is 4. The van der Waals surface area contributed by atoms with Gasteiger partial charge in [-0.2, -0.15) is 9.78 Å². The number of anilines is 3. The Labute approximate surface area is 252 Å². The van der Waals surface area contributed by atoms with Crippen molar-refractivity contribution in [3.63, 3.8) is 0 Å². The lowest BCUT2D eigenvalue weighted by atomic mass is 10.1. The Hall–Kier alpha value is -5.72. The molecule has 44 heavy (non-hydrogen) atoms. The number of ether oxygens (including phenoxy) is 1. The van der Waals surface area contributed by atoms with Crippen molar-refractivity contribution in [2.45, 2.75) is 33.3 Å². The molecule has 0 saturated carbocycles. The average molecular weight is 598 g/mol. The number of furan rings is 1. The van der Waals surface area contributed by atoms with Crippen molar-refractivity contribution in [3.05, 3.63) is 89.9 Å². The number of amides is 3. The third-order valence-electron chi connectivity index (χ3n) is 6.47. The molecule has 0 saturated heterocycles. The van der Waals surface area contributed by atoms with Crippen LogP contribution >= 0.6 is 0 Å². The van der Waals surface area contributed by atoms with E-state index in [0.717, 1.165) is 4.68 Å². The molecule has 0 atom stereocenters. The van der Waals surface area contributed by atoms with Crippen LogP contribution in [0.3, 0.4) is 0 Å². The molecule has 5 rings (SSSR count). The van der Waals surface area contributed by atoms with Crippen molar-refractivity contribution in [2.75, 3.05) is 22.1 Å². The first-order valence-electron chi connectivity index (χ1n) is 13.8. The van der Waals surface area contributed by atoms with Crippen molar-refractivity contribution in [3.8, 4) is 0 Å². The highest BCUT2D eigenvalue weighted by atomic mass is 16.6. The van der Waals surface area contributed by atoms with E-state index in [4.69, 9.17) is 9.15 Å². The molecule has 2 aromatic carbocycles. The number of para-hydroxylation sites is 2. The molecule has 5 aromatic rings. The van der Waals surface area contributed by atoms with Gasteiger partial charge in [0.15, 0.2) is 17.2 Å². The minimum absolute atomic E-state index is 0.00641. The summed E-state index contributed by atoms with van der Waals surface area (Å²) < 4.78 is 13.8. The Bertz CT molecular complexity index is 1860. The number of carbonyl (C=O) groups is 4. The number of hydrogen-bond acceptors (Lipinski definition) is 8. The van der Waals surface area contributed by atoms with Crippen LogP contribution in [0.2, 0.25) is 0 Å².